The third-order valence-electron chi connectivity index (χ3n) is 7.33. The molecule has 2 aliphatic rings. The summed E-state index contributed by atoms with van der Waals surface area (Å²) in [4.78, 5) is 21.7. The van der Waals surface area contributed by atoms with Crippen LogP contribution in [0.2, 0.25) is 0 Å². The summed E-state index contributed by atoms with van der Waals surface area (Å²) in [5.74, 6) is 0. The first-order valence-electron chi connectivity index (χ1n) is 11.3. The standard InChI is InChI=1S/C27H26N4O2/c1-26(23-9-3-2-4-10-23)27(13-17-30(18-14-27)24-11-15-29-16-12-24)33-25(32)31(26)20-22-8-6-5-7-21(22)19-28/h2-12,15-16H,13-14,17-18,20H2,1H3. The number of carbonyl (C=O) groups excluding carboxylic acids is 1. The van der Waals surface area contributed by atoms with Crippen molar-refractivity contribution in [2.24, 2.45) is 0 Å². The highest BCUT2D eigenvalue weighted by atomic mass is 16.6. The Bertz CT molecular complexity index is 1180. The minimum atomic E-state index is -0.668. The Hall–Kier alpha value is -3.85. The van der Waals surface area contributed by atoms with Gasteiger partial charge in [0, 0.05) is 44.0 Å². The lowest BCUT2D eigenvalue weighted by Crippen LogP contribution is -2.58. The van der Waals surface area contributed by atoms with E-state index in [1.165, 1.54) is 0 Å². The van der Waals surface area contributed by atoms with E-state index in [0.717, 1.165) is 29.9 Å². The quantitative estimate of drug-likeness (QED) is 0.582. The van der Waals surface area contributed by atoms with Gasteiger partial charge < -0.3 is 9.64 Å². The second-order valence-corrected chi connectivity index (χ2v) is 8.85. The lowest BCUT2D eigenvalue weighted by Gasteiger charge is -2.48. The SMILES string of the molecule is CC1(c2ccccc2)N(Cc2ccccc2C#N)C(=O)OC12CCN(c1ccncc1)CC2. The first-order chi connectivity index (χ1) is 16.1. The van der Waals surface area contributed by atoms with Crippen LogP contribution in [0.1, 0.15) is 36.5 Å². The van der Waals surface area contributed by atoms with Gasteiger partial charge in [0.25, 0.3) is 0 Å². The monoisotopic (exact) mass is 438 g/mol. The topological polar surface area (TPSA) is 69.5 Å². The van der Waals surface area contributed by atoms with Crippen molar-refractivity contribution in [3.8, 4) is 6.07 Å². The van der Waals surface area contributed by atoms with Gasteiger partial charge in [-0.25, -0.2) is 4.79 Å². The summed E-state index contributed by atoms with van der Waals surface area (Å²) < 4.78 is 6.27. The van der Waals surface area contributed by atoms with E-state index >= 15 is 0 Å². The van der Waals surface area contributed by atoms with Crippen LogP contribution in [0.4, 0.5) is 10.5 Å². The predicted octanol–water partition coefficient (Wildman–Crippen LogP) is 4.86. The molecular weight excluding hydrogens is 412 g/mol. The molecule has 1 aromatic heterocycles. The number of ether oxygens (including phenoxy) is 1. The van der Waals surface area contributed by atoms with Gasteiger partial charge in [-0.2, -0.15) is 5.26 Å². The number of carbonyl (C=O) groups is 1. The van der Waals surface area contributed by atoms with Crippen LogP contribution in [0.3, 0.4) is 0 Å². The maximum absolute atomic E-state index is 13.4. The molecule has 3 heterocycles. The van der Waals surface area contributed by atoms with E-state index in [9.17, 15) is 10.1 Å². The summed E-state index contributed by atoms with van der Waals surface area (Å²) in [5.41, 5.74) is 2.25. The number of anilines is 1. The minimum Gasteiger partial charge on any atom is -0.440 e. The molecule has 2 saturated heterocycles. The predicted molar refractivity (Wildman–Crippen MR) is 125 cm³/mol. The largest absolute Gasteiger partial charge is 0.440 e. The van der Waals surface area contributed by atoms with Crippen LogP contribution in [0.25, 0.3) is 0 Å². The van der Waals surface area contributed by atoms with Gasteiger partial charge >= 0.3 is 6.09 Å². The van der Waals surface area contributed by atoms with Crippen molar-refractivity contribution in [3.05, 3.63) is 95.8 Å². The molecular formula is C27H26N4O2. The highest BCUT2D eigenvalue weighted by Crippen LogP contribution is 2.52. The molecule has 0 bridgehead atoms. The zero-order valence-corrected chi connectivity index (χ0v) is 18.6. The van der Waals surface area contributed by atoms with Crippen molar-refractivity contribution in [3.63, 3.8) is 0 Å². The molecule has 1 amide bonds. The third-order valence-corrected chi connectivity index (χ3v) is 7.33. The number of hydrogen-bond acceptors (Lipinski definition) is 5. The molecule has 1 unspecified atom stereocenters. The Morgan fingerprint density at radius 1 is 1.00 bits per heavy atom. The molecule has 1 spiro atoms. The van der Waals surface area contributed by atoms with E-state index in [2.05, 4.69) is 35.0 Å². The summed E-state index contributed by atoms with van der Waals surface area (Å²) in [6.07, 6.45) is 4.70. The van der Waals surface area contributed by atoms with Crippen LogP contribution < -0.4 is 4.90 Å². The maximum Gasteiger partial charge on any atom is 0.411 e. The fraction of sp³-hybridized carbons (Fsp3) is 0.296. The van der Waals surface area contributed by atoms with E-state index in [-0.39, 0.29) is 6.09 Å². The first-order valence-corrected chi connectivity index (χ1v) is 11.3. The van der Waals surface area contributed by atoms with E-state index in [4.69, 9.17) is 4.74 Å². The van der Waals surface area contributed by atoms with Crippen molar-refractivity contribution in [2.75, 3.05) is 18.0 Å². The molecule has 6 nitrogen and oxygen atoms in total. The van der Waals surface area contributed by atoms with E-state index in [0.29, 0.717) is 24.9 Å². The highest BCUT2D eigenvalue weighted by Gasteiger charge is 2.63. The Labute approximate surface area is 194 Å². The number of hydrogen-bond donors (Lipinski definition) is 0. The molecule has 6 heteroatoms. The number of benzene rings is 2. The second kappa shape index (κ2) is 8.25. The molecule has 5 rings (SSSR count). The van der Waals surface area contributed by atoms with E-state index in [1.807, 2.05) is 53.4 Å². The molecule has 0 N–H and O–H groups in total. The third kappa shape index (κ3) is 3.41. The van der Waals surface area contributed by atoms with Gasteiger partial charge in [0.15, 0.2) is 0 Å². The normalized spacial score (nSPS) is 21.6. The zero-order valence-electron chi connectivity index (χ0n) is 18.6. The van der Waals surface area contributed by atoms with Gasteiger partial charge in [0.1, 0.15) is 11.1 Å². The summed E-state index contributed by atoms with van der Waals surface area (Å²) in [6, 6.07) is 23.9. The van der Waals surface area contributed by atoms with Gasteiger partial charge in [-0.1, -0.05) is 48.5 Å². The van der Waals surface area contributed by atoms with Crippen LogP contribution in [0.15, 0.2) is 79.1 Å². The Balaban J connectivity index is 1.52. The number of nitrogens with zero attached hydrogens (tertiary/aromatic N) is 4. The number of rotatable bonds is 4. The number of nitriles is 1. The molecule has 0 radical (unpaired) electrons. The van der Waals surface area contributed by atoms with Crippen molar-refractivity contribution >= 4 is 11.8 Å². The van der Waals surface area contributed by atoms with Gasteiger partial charge in [-0.05, 0) is 36.2 Å². The van der Waals surface area contributed by atoms with Gasteiger partial charge in [-0.15, -0.1) is 0 Å². The van der Waals surface area contributed by atoms with Crippen LogP contribution in [0.5, 0.6) is 0 Å². The number of pyridine rings is 1. The number of piperidine rings is 1. The molecule has 2 aromatic carbocycles. The molecule has 166 valence electrons. The van der Waals surface area contributed by atoms with E-state index < -0.39 is 11.1 Å². The summed E-state index contributed by atoms with van der Waals surface area (Å²) in [6.45, 7) is 4.00. The first kappa shape index (κ1) is 21.0. The molecule has 2 aliphatic heterocycles. The Morgan fingerprint density at radius 2 is 1.67 bits per heavy atom. The molecule has 0 saturated carbocycles. The fourth-order valence-corrected chi connectivity index (χ4v) is 5.36. The molecule has 3 aromatic rings. The molecule has 0 aliphatic carbocycles. The number of aromatic nitrogens is 1. The summed E-state index contributed by atoms with van der Waals surface area (Å²) in [7, 11) is 0. The van der Waals surface area contributed by atoms with E-state index in [1.54, 1.807) is 18.5 Å². The maximum atomic E-state index is 13.4. The minimum absolute atomic E-state index is 0.323. The number of amides is 1. The van der Waals surface area contributed by atoms with Crippen molar-refractivity contribution in [2.45, 2.75) is 37.5 Å². The summed E-state index contributed by atoms with van der Waals surface area (Å²) in [5, 5.41) is 9.59. The summed E-state index contributed by atoms with van der Waals surface area (Å²) >= 11 is 0. The van der Waals surface area contributed by atoms with Crippen molar-refractivity contribution in [1.29, 1.82) is 5.26 Å². The van der Waals surface area contributed by atoms with Gasteiger partial charge in [-0.3, -0.25) is 9.88 Å². The lowest BCUT2D eigenvalue weighted by atomic mass is 9.70. The van der Waals surface area contributed by atoms with Crippen LogP contribution in [-0.2, 0) is 16.8 Å². The molecule has 33 heavy (non-hydrogen) atoms. The van der Waals surface area contributed by atoms with Crippen LogP contribution in [-0.4, -0.2) is 34.7 Å². The Kier molecular flexibility index (Phi) is 5.26. The zero-order chi connectivity index (χ0) is 22.9. The molecule has 1 atom stereocenters. The highest BCUT2D eigenvalue weighted by molar-refractivity contribution is 5.74. The van der Waals surface area contributed by atoms with Crippen molar-refractivity contribution < 1.29 is 9.53 Å². The lowest BCUT2D eigenvalue weighted by molar-refractivity contribution is -0.0322. The Morgan fingerprint density at radius 3 is 2.36 bits per heavy atom. The van der Waals surface area contributed by atoms with Crippen LogP contribution in [0, 0.1) is 11.3 Å². The second-order valence-electron chi connectivity index (χ2n) is 8.85. The smallest absolute Gasteiger partial charge is 0.411 e. The van der Waals surface area contributed by atoms with Crippen molar-refractivity contribution in [1.82, 2.24) is 9.88 Å². The molecule has 2 fully saturated rings. The average Bonchev–Trinajstić information content (AvgIpc) is 3.07. The van der Waals surface area contributed by atoms with Gasteiger partial charge in [0.05, 0.1) is 18.2 Å². The van der Waals surface area contributed by atoms with Gasteiger partial charge in [0.2, 0.25) is 0 Å². The van der Waals surface area contributed by atoms with Crippen LogP contribution >= 0.6 is 0 Å². The fourth-order valence-electron chi connectivity index (χ4n) is 5.36. The average molecular weight is 439 g/mol.